The topological polar surface area (TPSA) is 49.3 Å². The van der Waals surface area contributed by atoms with E-state index >= 15 is 0 Å². The number of hydrogen-bond acceptors (Lipinski definition) is 2. The lowest BCUT2D eigenvalue weighted by molar-refractivity contribution is -0.114. The standard InChI is InChI=1S/C9H11NO2/c1-6-3-4-9(12)8(5-6)10-7(2)11/h3-5,12H,1-2H3,(H,10,11). The number of aryl methyl sites for hydroxylation is 1. The smallest absolute Gasteiger partial charge is 0.221 e. The summed E-state index contributed by atoms with van der Waals surface area (Å²) in [6.45, 7) is 3.30. The van der Waals surface area contributed by atoms with Crippen LogP contribution in [0.4, 0.5) is 5.69 Å². The highest BCUT2D eigenvalue weighted by molar-refractivity contribution is 5.90. The van der Waals surface area contributed by atoms with E-state index in [1.807, 2.05) is 6.92 Å². The van der Waals surface area contributed by atoms with Gasteiger partial charge in [0.15, 0.2) is 0 Å². The number of hydrogen-bond donors (Lipinski definition) is 2. The first kappa shape index (κ1) is 8.59. The van der Waals surface area contributed by atoms with Crippen LogP contribution in [0.3, 0.4) is 0 Å². The van der Waals surface area contributed by atoms with Gasteiger partial charge in [0, 0.05) is 6.92 Å². The van der Waals surface area contributed by atoms with Gasteiger partial charge in [-0.1, -0.05) is 6.07 Å². The Bertz CT molecular complexity index is 307. The number of phenols is 1. The van der Waals surface area contributed by atoms with Gasteiger partial charge in [0.2, 0.25) is 5.91 Å². The van der Waals surface area contributed by atoms with Crippen LogP contribution >= 0.6 is 0 Å². The summed E-state index contributed by atoms with van der Waals surface area (Å²) in [7, 11) is 0. The van der Waals surface area contributed by atoms with Crippen molar-refractivity contribution in [2.75, 3.05) is 5.32 Å². The summed E-state index contributed by atoms with van der Waals surface area (Å²) in [6.07, 6.45) is 0. The number of nitrogens with one attached hydrogen (secondary N) is 1. The average molecular weight is 165 g/mol. The maximum absolute atomic E-state index is 10.7. The second kappa shape index (κ2) is 3.26. The van der Waals surface area contributed by atoms with Gasteiger partial charge in [-0.05, 0) is 24.6 Å². The Morgan fingerprint density at radius 2 is 2.17 bits per heavy atom. The second-order valence-corrected chi connectivity index (χ2v) is 2.70. The van der Waals surface area contributed by atoms with Crippen LogP contribution in [0.15, 0.2) is 18.2 Å². The number of carbonyl (C=O) groups excluding carboxylic acids is 1. The Hall–Kier alpha value is -1.51. The fourth-order valence-electron chi connectivity index (χ4n) is 0.940. The molecule has 0 aliphatic carbocycles. The molecule has 1 aromatic rings. The zero-order valence-electron chi connectivity index (χ0n) is 7.09. The number of benzene rings is 1. The fraction of sp³-hybridized carbons (Fsp3) is 0.222. The van der Waals surface area contributed by atoms with Crippen LogP contribution in [0.25, 0.3) is 0 Å². The number of aromatic hydroxyl groups is 1. The normalized spacial score (nSPS) is 9.50. The lowest BCUT2D eigenvalue weighted by Gasteiger charge is -2.04. The number of carbonyl (C=O) groups is 1. The maximum atomic E-state index is 10.7. The third kappa shape index (κ3) is 1.99. The highest BCUT2D eigenvalue weighted by atomic mass is 16.3. The van der Waals surface area contributed by atoms with Crippen molar-refractivity contribution in [3.8, 4) is 5.75 Å². The molecule has 0 atom stereocenters. The lowest BCUT2D eigenvalue weighted by atomic mass is 10.2. The summed E-state index contributed by atoms with van der Waals surface area (Å²) in [6, 6.07) is 5.05. The van der Waals surface area contributed by atoms with Gasteiger partial charge in [-0.2, -0.15) is 0 Å². The van der Waals surface area contributed by atoms with Crippen LogP contribution < -0.4 is 5.32 Å². The van der Waals surface area contributed by atoms with E-state index in [4.69, 9.17) is 0 Å². The van der Waals surface area contributed by atoms with Crippen molar-refractivity contribution >= 4 is 11.6 Å². The first-order valence-corrected chi connectivity index (χ1v) is 3.67. The van der Waals surface area contributed by atoms with E-state index in [0.717, 1.165) is 5.56 Å². The van der Waals surface area contributed by atoms with Crippen LogP contribution in [-0.2, 0) is 4.79 Å². The van der Waals surface area contributed by atoms with E-state index in [-0.39, 0.29) is 11.7 Å². The van der Waals surface area contributed by atoms with Gasteiger partial charge in [-0.25, -0.2) is 0 Å². The molecule has 1 aromatic carbocycles. The third-order valence-electron chi connectivity index (χ3n) is 1.46. The number of amides is 1. The third-order valence-corrected chi connectivity index (χ3v) is 1.46. The summed E-state index contributed by atoms with van der Waals surface area (Å²) < 4.78 is 0. The molecule has 0 aromatic heterocycles. The monoisotopic (exact) mass is 165 g/mol. The van der Waals surface area contributed by atoms with Gasteiger partial charge in [-0.15, -0.1) is 0 Å². The molecule has 0 aliphatic rings. The number of phenolic OH excluding ortho intramolecular Hbond substituents is 1. The molecule has 0 saturated carbocycles. The molecule has 0 spiro atoms. The Morgan fingerprint density at radius 1 is 1.50 bits per heavy atom. The minimum Gasteiger partial charge on any atom is -0.506 e. The molecular formula is C9H11NO2. The van der Waals surface area contributed by atoms with Crippen molar-refractivity contribution in [1.82, 2.24) is 0 Å². The fourth-order valence-corrected chi connectivity index (χ4v) is 0.940. The molecule has 12 heavy (non-hydrogen) atoms. The van der Waals surface area contributed by atoms with Crippen molar-refractivity contribution in [1.29, 1.82) is 0 Å². The molecule has 1 rings (SSSR count). The number of rotatable bonds is 1. The Labute approximate surface area is 71.0 Å². The molecule has 0 heterocycles. The SMILES string of the molecule is CC(=O)Nc1cc(C)ccc1O. The zero-order chi connectivity index (χ0) is 9.14. The lowest BCUT2D eigenvalue weighted by Crippen LogP contribution is -2.05. The molecule has 0 fully saturated rings. The molecule has 64 valence electrons. The predicted octanol–water partition coefficient (Wildman–Crippen LogP) is 1.66. The van der Waals surface area contributed by atoms with E-state index in [1.165, 1.54) is 6.92 Å². The van der Waals surface area contributed by atoms with Gasteiger partial charge in [0.05, 0.1) is 5.69 Å². The van der Waals surface area contributed by atoms with Gasteiger partial charge in [0.1, 0.15) is 5.75 Å². The summed E-state index contributed by atoms with van der Waals surface area (Å²) >= 11 is 0. The maximum Gasteiger partial charge on any atom is 0.221 e. The summed E-state index contributed by atoms with van der Waals surface area (Å²) in [4.78, 5) is 10.7. The van der Waals surface area contributed by atoms with E-state index in [9.17, 15) is 9.90 Å². The quantitative estimate of drug-likeness (QED) is 0.622. The Balaban J connectivity index is 2.97. The first-order valence-electron chi connectivity index (χ1n) is 3.67. The van der Waals surface area contributed by atoms with E-state index < -0.39 is 0 Å². The van der Waals surface area contributed by atoms with E-state index in [0.29, 0.717) is 5.69 Å². The molecule has 0 radical (unpaired) electrons. The molecule has 2 N–H and O–H groups in total. The number of anilines is 1. The molecule has 1 amide bonds. The molecule has 0 unspecified atom stereocenters. The predicted molar refractivity (Wildman–Crippen MR) is 47.1 cm³/mol. The van der Waals surface area contributed by atoms with Crippen LogP contribution in [0.5, 0.6) is 5.75 Å². The van der Waals surface area contributed by atoms with Crippen molar-refractivity contribution in [3.05, 3.63) is 23.8 Å². The van der Waals surface area contributed by atoms with Crippen LogP contribution in [0, 0.1) is 6.92 Å². The van der Waals surface area contributed by atoms with Gasteiger partial charge in [0.25, 0.3) is 0 Å². The van der Waals surface area contributed by atoms with Gasteiger partial charge in [-0.3, -0.25) is 4.79 Å². The highest BCUT2D eigenvalue weighted by Gasteiger charge is 2.01. The minimum absolute atomic E-state index is 0.0933. The van der Waals surface area contributed by atoms with Crippen molar-refractivity contribution in [3.63, 3.8) is 0 Å². The largest absolute Gasteiger partial charge is 0.506 e. The second-order valence-electron chi connectivity index (χ2n) is 2.70. The van der Waals surface area contributed by atoms with E-state index in [1.54, 1.807) is 18.2 Å². The van der Waals surface area contributed by atoms with E-state index in [2.05, 4.69) is 5.32 Å². The molecular weight excluding hydrogens is 154 g/mol. The summed E-state index contributed by atoms with van der Waals surface area (Å²) in [5, 5.41) is 11.8. The average Bonchev–Trinajstić information content (AvgIpc) is 1.96. The van der Waals surface area contributed by atoms with Crippen LogP contribution in [-0.4, -0.2) is 11.0 Å². The molecule has 3 nitrogen and oxygen atoms in total. The van der Waals surface area contributed by atoms with Crippen LogP contribution in [0.2, 0.25) is 0 Å². The van der Waals surface area contributed by atoms with Crippen molar-refractivity contribution < 1.29 is 9.90 Å². The first-order chi connectivity index (χ1) is 5.59. The molecule has 0 bridgehead atoms. The van der Waals surface area contributed by atoms with Crippen molar-refractivity contribution in [2.45, 2.75) is 13.8 Å². The summed E-state index contributed by atoms with van der Waals surface area (Å²) in [5.41, 5.74) is 1.46. The molecule has 0 aliphatic heterocycles. The highest BCUT2D eigenvalue weighted by Crippen LogP contribution is 2.23. The minimum atomic E-state index is -0.184. The van der Waals surface area contributed by atoms with Crippen LogP contribution in [0.1, 0.15) is 12.5 Å². The Morgan fingerprint density at radius 3 is 2.75 bits per heavy atom. The molecule has 3 heteroatoms. The van der Waals surface area contributed by atoms with Crippen molar-refractivity contribution in [2.24, 2.45) is 0 Å². The zero-order valence-corrected chi connectivity index (χ0v) is 7.09. The summed E-state index contributed by atoms with van der Waals surface area (Å²) in [5.74, 6) is -0.0910. The Kier molecular flexibility index (Phi) is 2.33. The van der Waals surface area contributed by atoms with Gasteiger partial charge >= 0.3 is 0 Å². The molecule has 0 saturated heterocycles. The van der Waals surface area contributed by atoms with Gasteiger partial charge < -0.3 is 10.4 Å².